The highest BCUT2D eigenvalue weighted by molar-refractivity contribution is 7.19. The zero-order valence-electron chi connectivity index (χ0n) is 34.6. The lowest BCUT2D eigenvalue weighted by molar-refractivity contribution is 0.0684. The minimum atomic E-state index is -1.14. The third-order valence-corrected chi connectivity index (χ3v) is 13.7. The summed E-state index contributed by atoms with van der Waals surface area (Å²) in [5.74, 6) is 0.816. The molecule has 3 aromatic carbocycles. The van der Waals surface area contributed by atoms with E-state index < -0.39 is 5.97 Å². The summed E-state index contributed by atoms with van der Waals surface area (Å²) >= 11 is 21.6. The van der Waals surface area contributed by atoms with Crippen molar-refractivity contribution in [1.82, 2.24) is 29.7 Å². The lowest BCUT2D eigenvalue weighted by Gasteiger charge is -2.22. The van der Waals surface area contributed by atoms with Crippen LogP contribution in [0.25, 0.3) is 20.4 Å². The van der Waals surface area contributed by atoms with E-state index in [0.29, 0.717) is 61.8 Å². The number of likely N-dealkylation sites (N-methyl/N-ethyl adjacent to an activating group) is 2. The van der Waals surface area contributed by atoms with E-state index in [2.05, 4.69) is 59.8 Å². The number of hydrogen-bond donors (Lipinski definition) is 4. The number of carboxylic acid groups (broad SMARTS) is 1. The molecule has 6 heterocycles. The van der Waals surface area contributed by atoms with Crippen LogP contribution in [-0.2, 0) is 39.0 Å². The van der Waals surface area contributed by atoms with Crippen LogP contribution in [-0.4, -0.2) is 88.1 Å². The fourth-order valence-electron chi connectivity index (χ4n) is 7.43. The SMILES string of the molecule is COc1ccc(CNc2nc(C(=O)Nc3ccc(Cl)cc3)nc3sc4c(c23)CCN(C)C4)cc1Cl.COc1ccc(CNc2nc(C(=O)O)nc3sc4c(c23)CCN(C)C4)cc1Cl. The molecule has 19 heteroatoms. The van der Waals surface area contributed by atoms with Crippen LogP contribution in [0.3, 0.4) is 0 Å². The number of nitrogens with one attached hydrogen (secondary N) is 3. The lowest BCUT2D eigenvalue weighted by Crippen LogP contribution is -2.25. The molecule has 0 fully saturated rings. The predicted octanol–water partition coefficient (Wildman–Crippen LogP) is 9.51. The fraction of sp³-hybridized carbons (Fsp3) is 0.273. The van der Waals surface area contributed by atoms with Crippen molar-refractivity contribution in [3.05, 3.63) is 119 Å². The number of nitrogens with zero attached hydrogens (tertiary/aromatic N) is 6. The van der Waals surface area contributed by atoms with Crippen molar-refractivity contribution in [2.24, 2.45) is 0 Å². The Kier molecular flexibility index (Phi) is 13.5. The van der Waals surface area contributed by atoms with E-state index in [1.165, 1.54) is 20.9 Å². The monoisotopic (exact) mass is 945 g/mol. The summed E-state index contributed by atoms with van der Waals surface area (Å²) in [6.07, 6.45) is 1.80. The van der Waals surface area contributed by atoms with Gasteiger partial charge in [-0.3, -0.25) is 4.79 Å². The molecule has 63 heavy (non-hydrogen) atoms. The highest BCUT2D eigenvalue weighted by atomic mass is 35.5. The summed E-state index contributed by atoms with van der Waals surface area (Å²) in [6, 6.07) is 18.1. The number of anilines is 3. The first-order chi connectivity index (χ1) is 30.4. The number of carbonyl (C=O) groups is 2. The van der Waals surface area contributed by atoms with Gasteiger partial charge in [-0.05, 0) is 97.7 Å². The van der Waals surface area contributed by atoms with Crippen LogP contribution >= 0.6 is 57.5 Å². The van der Waals surface area contributed by atoms with Crippen molar-refractivity contribution in [3.63, 3.8) is 0 Å². The zero-order chi connectivity index (χ0) is 44.4. The van der Waals surface area contributed by atoms with Gasteiger partial charge in [0, 0.05) is 59.7 Å². The molecular formula is C44H42Cl3N9O5S2. The van der Waals surface area contributed by atoms with Crippen molar-refractivity contribution in [1.29, 1.82) is 0 Å². The number of fused-ring (bicyclic) bond motifs is 6. The molecule has 0 aliphatic carbocycles. The number of rotatable bonds is 11. The van der Waals surface area contributed by atoms with Gasteiger partial charge < -0.3 is 40.3 Å². The Bertz CT molecular complexity index is 2860. The van der Waals surface area contributed by atoms with Gasteiger partial charge in [-0.2, -0.15) is 0 Å². The number of aromatic nitrogens is 4. The number of carbonyl (C=O) groups excluding carboxylic acids is 1. The summed E-state index contributed by atoms with van der Waals surface area (Å²) in [5.41, 5.74) is 5.00. The molecule has 0 spiro atoms. The molecule has 1 amide bonds. The van der Waals surface area contributed by atoms with E-state index in [9.17, 15) is 14.7 Å². The van der Waals surface area contributed by atoms with E-state index in [1.807, 2.05) is 30.3 Å². The maximum absolute atomic E-state index is 13.0. The molecule has 4 N–H and O–H groups in total. The highest BCUT2D eigenvalue weighted by Crippen LogP contribution is 2.39. The van der Waals surface area contributed by atoms with Gasteiger partial charge in [-0.25, -0.2) is 24.7 Å². The molecule has 0 saturated heterocycles. The van der Waals surface area contributed by atoms with Crippen molar-refractivity contribution < 1.29 is 24.2 Å². The number of benzene rings is 3. The molecule has 326 valence electrons. The van der Waals surface area contributed by atoms with Gasteiger partial charge in [-0.15, -0.1) is 22.7 Å². The van der Waals surface area contributed by atoms with Crippen molar-refractivity contribution in [2.45, 2.75) is 39.0 Å². The Morgan fingerprint density at radius 2 is 1.17 bits per heavy atom. The van der Waals surface area contributed by atoms with Crippen LogP contribution in [0, 0.1) is 0 Å². The molecule has 2 aliphatic heterocycles. The molecule has 2 aliphatic rings. The van der Waals surface area contributed by atoms with Crippen LogP contribution in [0.4, 0.5) is 17.3 Å². The molecule has 0 radical (unpaired) electrons. The first kappa shape index (κ1) is 44.3. The predicted molar refractivity (Wildman–Crippen MR) is 252 cm³/mol. The van der Waals surface area contributed by atoms with Gasteiger partial charge in [0.15, 0.2) is 0 Å². The highest BCUT2D eigenvalue weighted by Gasteiger charge is 2.26. The second kappa shape index (κ2) is 19.2. The third kappa shape index (κ3) is 9.92. The van der Waals surface area contributed by atoms with E-state index in [0.717, 1.165) is 65.8 Å². The third-order valence-electron chi connectivity index (χ3n) is 10.6. The van der Waals surface area contributed by atoms with Crippen LogP contribution in [0.5, 0.6) is 11.5 Å². The Morgan fingerprint density at radius 3 is 1.63 bits per heavy atom. The first-order valence-electron chi connectivity index (χ1n) is 19.8. The van der Waals surface area contributed by atoms with E-state index in [4.69, 9.17) is 44.3 Å². The summed E-state index contributed by atoms with van der Waals surface area (Å²) < 4.78 is 10.4. The Balaban J connectivity index is 0.000000177. The standard InChI is InChI=1S/C25H23Cl2N5O2S.C19H19ClN4O3S/c1-32-10-9-17-20(13-32)35-25-21(17)22(28-12-14-3-8-19(34-2)18(27)11-14)30-23(31-25)24(33)29-16-6-4-15(26)5-7-16;1-24-6-5-11-14(9-24)28-18-15(11)16(22-17(23-18)19(25)26)21-8-10-3-4-13(27-2)12(20)7-10/h3-8,11H,9-10,12-13H2,1-2H3,(H,29,33)(H,28,30,31);3-4,7H,5-6,8-9H2,1-2H3,(H,25,26)(H,21,22,23). The average molecular weight is 947 g/mol. The molecule has 4 aromatic heterocycles. The van der Waals surface area contributed by atoms with Crippen molar-refractivity contribution in [2.75, 3.05) is 57.4 Å². The van der Waals surface area contributed by atoms with Crippen molar-refractivity contribution in [3.8, 4) is 11.5 Å². The second-order valence-electron chi connectivity index (χ2n) is 15.0. The minimum Gasteiger partial charge on any atom is -0.495 e. The molecule has 0 saturated carbocycles. The number of hydrogen-bond acceptors (Lipinski definition) is 14. The Hall–Kier alpha value is -5.33. The van der Waals surface area contributed by atoms with Gasteiger partial charge in [0.05, 0.1) is 35.0 Å². The van der Waals surface area contributed by atoms with Crippen LogP contribution in [0.2, 0.25) is 15.1 Å². The van der Waals surface area contributed by atoms with Crippen molar-refractivity contribution >= 4 is 107 Å². The van der Waals surface area contributed by atoms with Crippen LogP contribution < -0.4 is 25.4 Å². The largest absolute Gasteiger partial charge is 0.495 e. The molecule has 14 nitrogen and oxygen atoms in total. The molecule has 0 unspecified atom stereocenters. The van der Waals surface area contributed by atoms with E-state index >= 15 is 0 Å². The van der Waals surface area contributed by atoms with E-state index in [1.54, 1.807) is 67.2 Å². The van der Waals surface area contributed by atoms with Gasteiger partial charge in [0.1, 0.15) is 32.8 Å². The summed E-state index contributed by atoms with van der Waals surface area (Å²) in [5, 5.41) is 22.6. The maximum Gasteiger partial charge on any atom is 0.374 e. The van der Waals surface area contributed by atoms with Gasteiger partial charge in [0.2, 0.25) is 11.6 Å². The molecule has 9 rings (SSSR count). The van der Waals surface area contributed by atoms with Gasteiger partial charge in [-0.1, -0.05) is 46.9 Å². The zero-order valence-corrected chi connectivity index (χ0v) is 38.5. The number of amides is 1. The first-order valence-corrected chi connectivity index (χ1v) is 22.6. The summed E-state index contributed by atoms with van der Waals surface area (Å²) in [4.78, 5) is 50.9. The number of methoxy groups -OCH3 is 2. The summed E-state index contributed by atoms with van der Waals surface area (Å²) in [6.45, 7) is 4.55. The molecular weight excluding hydrogens is 905 g/mol. The second-order valence-corrected chi connectivity index (χ2v) is 18.5. The lowest BCUT2D eigenvalue weighted by atomic mass is 10.1. The number of thiophene rings is 2. The summed E-state index contributed by atoms with van der Waals surface area (Å²) in [7, 11) is 7.34. The average Bonchev–Trinajstić information content (AvgIpc) is 3.83. The Morgan fingerprint density at radius 1 is 0.698 bits per heavy atom. The topological polar surface area (TPSA) is 167 Å². The number of carboxylic acids is 1. The Labute approximate surface area is 386 Å². The normalized spacial score (nSPS) is 13.8. The minimum absolute atomic E-state index is 0.106. The van der Waals surface area contributed by atoms with Gasteiger partial charge in [0.25, 0.3) is 5.91 Å². The van der Waals surface area contributed by atoms with Crippen LogP contribution in [0.1, 0.15) is 53.2 Å². The van der Waals surface area contributed by atoms with Crippen LogP contribution in [0.15, 0.2) is 60.7 Å². The van der Waals surface area contributed by atoms with E-state index in [-0.39, 0.29) is 17.6 Å². The molecule has 0 atom stereocenters. The smallest absolute Gasteiger partial charge is 0.374 e. The molecule has 7 aromatic rings. The molecule has 0 bridgehead atoms. The maximum atomic E-state index is 13.0. The number of aromatic carboxylic acids is 1. The quantitative estimate of drug-likeness (QED) is 0.0970. The number of halogens is 3. The number of ether oxygens (including phenoxy) is 2. The van der Waals surface area contributed by atoms with Gasteiger partial charge >= 0.3 is 5.97 Å². The fourth-order valence-corrected chi connectivity index (χ4v) is 10.7.